The number of hydrogen-bond acceptors (Lipinski definition) is 4. The maximum atomic E-state index is 10.6. The van der Waals surface area contributed by atoms with Gasteiger partial charge in [0.1, 0.15) is 5.76 Å². The summed E-state index contributed by atoms with van der Waals surface area (Å²) in [5.41, 5.74) is 1.71. The van der Waals surface area contributed by atoms with E-state index in [2.05, 4.69) is 10.6 Å². The molecule has 0 spiro atoms. The Hall–Kier alpha value is -2.04. The fourth-order valence-corrected chi connectivity index (χ4v) is 2.54. The Kier molecular flexibility index (Phi) is 4.98. The van der Waals surface area contributed by atoms with Crippen LogP contribution in [0.25, 0.3) is 0 Å². The van der Waals surface area contributed by atoms with Crippen molar-refractivity contribution in [3.63, 3.8) is 0 Å². The quantitative estimate of drug-likeness (QED) is 0.672. The molecule has 108 valence electrons. The average molecular weight is 275 g/mol. The van der Waals surface area contributed by atoms with E-state index in [0.29, 0.717) is 29.6 Å². The van der Waals surface area contributed by atoms with Gasteiger partial charge in [-0.25, -0.2) is 0 Å². The molecule has 1 saturated carbocycles. The van der Waals surface area contributed by atoms with Crippen LogP contribution in [0.2, 0.25) is 0 Å². The Morgan fingerprint density at radius 1 is 1.30 bits per heavy atom. The first kappa shape index (κ1) is 14.4. The second kappa shape index (κ2) is 6.93. The first-order valence-electron chi connectivity index (χ1n) is 6.97. The van der Waals surface area contributed by atoms with Gasteiger partial charge in [0.15, 0.2) is 0 Å². The van der Waals surface area contributed by atoms with E-state index in [0.717, 1.165) is 5.57 Å². The molecule has 0 heterocycles. The summed E-state index contributed by atoms with van der Waals surface area (Å²) in [5.74, 6) is 0.497. The van der Waals surface area contributed by atoms with Crippen LogP contribution in [0.4, 0.5) is 0 Å². The third-order valence-electron chi connectivity index (χ3n) is 3.67. The molecule has 2 aliphatic rings. The number of methoxy groups -OCH3 is 1. The highest BCUT2D eigenvalue weighted by Gasteiger charge is 2.16. The van der Waals surface area contributed by atoms with E-state index >= 15 is 0 Å². The van der Waals surface area contributed by atoms with Crippen LogP contribution in [0, 0.1) is 5.41 Å². The Bertz CT molecular complexity index is 472. The van der Waals surface area contributed by atoms with Gasteiger partial charge >= 0.3 is 0 Å². The summed E-state index contributed by atoms with van der Waals surface area (Å²) < 4.78 is 5.15. The number of carbonyl (C=O) groups excluding carboxylic acids is 1. The molecular weight excluding hydrogens is 254 g/mol. The first-order valence-corrected chi connectivity index (χ1v) is 6.97. The number of rotatable bonds is 5. The van der Waals surface area contributed by atoms with Crippen LogP contribution in [-0.2, 0) is 9.53 Å². The monoisotopic (exact) mass is 275 g/mol. The van der Waals surface area contributed by atoms with E-state index in [1.54, 1.807) is 12.2 Å². The Morgan fingerprint density at radius 3 is 2.70 bits per heavy atom. The van der Waals surface area contributed by atoms with Crippen LogP contribution in [0.3, 0.4) is 0 Å². The molecule has 0 atom stereocenters. The summed E-state index contributed by atoms with van der Waals surface area (Å²) in [6, 6.07) is 0.493. The predicted molar refractivity (Wildman–Crippen MR) is 78.2 cm³/mol. The summed E-state index contributed by atoms with van der Waals surface area (Å²) in [5, 5.41) is 14.0. The molecule has 5 heteroatoms. The second-order valence-corrected chi connectivity index (χ2v) is 5.05. The molecule has 0 aromatic carbocycles. The fraction of sp³-hybridized carbons (Fsp3) is 0.467. The van der Waals surface area contributed by atoms with Crippen LogP contribution in [0.5, 0.6) is 0 Å². The number of amides is 1. The minimum Gasteiger partial charge on any atom is -0.494 e. The van der Waals surface area contributed by atoms with Crippen molar-refractivity contribution in [1.82, 2.24) is 10.6 Å². The van der Waals surface area contributed by atoms with Crippen LogP contribution >= 0.6 is 0 Å². The third-order valence-corrected chi connectivity index (χ3v) is 3.67. The molecule has 0 radical (unpaired) electrons. The molecule has 20 heavy (non-hydrogen) atoms. The summed E-state index contributed by atoms with van der Waals surface area (Å²) in [4.78, 5) is 10.6. The standard InChI is InChI=1S/C15H21N3O2/c1-20-15-8-13(16)11(7-14(15)18-10-19)9-17-12-5-3-2-4-6-12/h7-10,12,16-17H,2-6H2,1H3,(H,18,19)/b11-9-,16-13?. The van der Waals surface area contributed by atoms with E-state index in [-0.39, 0.29) is 0 Å². The van der Waals surface area contributed by atoms with Gasteiger partial charge in [0, 0.05) is 23.9 Å². The molecule has 5 nitrogen and oxygen atoms in total. The molecule has 3 N–H and O–H groups in total. The van der Waals surface area contributed by atoms with Crippen molar-refractivity contribution < 1.29 is 9.53 Å². The third kappa shape index (κ3) is 3.50. The number of ether oxygens (including phenoxy) is 1. The summed E-state index contributed by atoms with van der Waals surface area (Å²) in [7, 11) is 1.52. The molecular formula is C15H21N3O2. The molecule has 1 fully saturated rings. The van der Waals surface area contributed by atoms with Crippen LogP contribution in [-0.4, -0.2) is 25.3 Å². The lowest BCUT2D eigenvalue weighted by Gasteiger charge is -2.23. The molecule has 0 aromatic heterocycles. The smallest absolute Gasteiger partial charge is 0.211 e. The van der Waals surface area contributed by atoms with Gasteiger partial charge in [-0.3, -0.25) is 4.79 Å². The first-order chi connectivity index (χ1) is 9.74. The Labute approximate surface area is 119 Å². The zero-order valence-corrected chi connectivity index (χ0v) is 11.7. The molecule has 0 aromatic rings. The van der Waals surface area contributed by atoms with E-state index in [9.17, 15) is 4.79 Å². The van der Waals surface area contributed by atoms with Crippen LogP contribution in [0.1, 0.15) is 32.1 Å². The van der Waals surface area contributed by atoms with E-state index in [1.165, 1.54) is 39.2 Å². The zero-order chi connectivity index (χ0) is 14.4. The molecule has 1 amide bonds. The van der Waals surface area contributed by atoms with Gasteiger partial charge in [0.2, 0.25) is 6.41 Å². The SMILES string of the molecule is COC1=CC(=N)/C(=C\NC2CCCCC2)C=C1NC=O. The molecule has 2 aliphatic carbocycles. The summed E-state index contributed by atoms with van der Waals surface area (Å²) in [6.45, 7) is 0. The molecule has 0 aliphatic heterocycles. The number of nitrogens with one attached hydrogen (secondary N) is 3. The lowest BCUT2D eigenvalue weighted by atomic mass is 9.95. The highest BCUT2D eigenvalue weighted by atomic mass is 16.5. The number of allylic oxidation sites excluding steroid dienone is 3. The van der Waals surface area contributed by atoms with E-state index < -0.39 is 0 Å². The van der Waals surface area contributed by atoms with Gasteiger partial charge in [-0.2, -0.15) is 0 Å². The van der Waals surface area contributed by atoms with Crippen molar-refractivity contribution >= 4 is 12.1 Å². The lowest BCUT2D eigenvalue weighted by Crippen LogP contribution is -2.28. The molecule has 0 unspecified atom stereocenters. The maximum absolute atomic E-state index is 10.6. The molecule has 2 rings (SSSR count). The van der Waals surface area contributed by atoms with Crippen molar-refractivity contribution in [3.8, 4) is 0 Å². The van der Waals surface area contributed by atoms with Crippen molar-refractivity contribution in [2.75, 3.05) is 7.11 Å². The van der Waals surface area contributed by atoms with Crippen molar-refractivity contribution in [3.05, 3.63) is 35.4 Å². The Morgan fingerprint density at radius 2 is 2.05 bits per heavy atom. The van der Waals surface area contributed by atoms with Gasteiger partial charge in [-0.05, 0) is 18.9 Å². The summed E-state index contributed by atoms with van der Waals surface area (Å²) in [6.07, 6.45) is 12.1. The van der Waals surface area contributed by atoms with Gasteiger partial charge in [0.25, 0.3) is 0 Å². The highest BCUT2D eigenvalue weighted by Crippen LogP contribution is 2.20. The zero-order valence-electron chi connectivity index (χ0n) is 11.7. The van der Waals surface area contributed by atoms with Crippen LogP contribution < -0.4 is 10.6 Å². The predicted octanol–water partition coefficient (Wildman–Crippen LogP) is 1.99. The Balaban J connectivity index is 2.08. The van der Waals surface area contributed by atoms with Gasteiger partial charge in [-0.15, -0.1) is 0 Å². The van der Waals surface area contributed by atoms with Gasteiger partial charge < -0.3 is 20.8 Å². The average Bonchev–Trinajstić information content (AvgIpc) is 2.48. The fourth-order valence-electron chi connectivity index (χ4n) is 2.54. The second-order valence-electron chi connectivity index (χ2n) is 5.05. The van der Waals surface area contributed by atoms with E-state index in [1.807, 2.05) is 6.20 Å². The highest BCUT2D eigenvalue weighted by molar-refractivity contribution is 6.10. The normalized spacial score (nSPS) is 22.1. The van der Waals surface area contributed by atoms with Crippen molar-refractivity contribution in [2.24, 2.45) is 0 Å². The minimum atomic E-state index is 0.376. The summed E-state index contributed by atoms with van der Waals surface area (Å²) >= 11 is 0. The maximum Gasteiger partial charge on any atom is 0.211 e. The van der Waals surface area contributed by atoms with Crippen molar-refractivity contribution in [2.45, 2.75) is 38.1 Å². The van der Waals surface area contributed by atoms with E-state index in [4.69, 9.17) is 10.1 Å². The number of hydrogen-bond donors (Lipinski definition) is 3. The molecule has 0 bridgehead atoms. The van der Waals surface area contributed by atoms with Gasteiger partial charge in [0.05, 0.1) is 18.5 Å². The topological polar surface area (TPSA) is 74.2 Å². The number of carbonyl (C=O) groups is 1. The molecule has 0 saturated heterocycles. The van der Waals surface area contributed by atoms with Crippen LogP contribution in [0.15, 0.2) is 35.4 Å². The van der Waals surface area contributed by atoms with Gasteiger partial charge in [-0.1, -0.05) is 19.3 Å². The van der Waals surface area contributed by atoms with Crippen molar-refractivity contribution in [1.29, 1.82) is 5.41 Å². The lowest BCUT2D eigenvalue weighted by molar-refractivity contribution is -0.109. The largest absolute Gasteiger partial charge is 0.494 e. The minimum absolute atomic E-state index is 0.376.